The molecular formula is C29H34FN7. The van der Waals surface area contributed by atoms with Crippen LogP contribution in [0.25, 0.3) is 17.0 Å². The lowest BCUT2D eigenvalue weighted by atomic mass is 10.0. The average Bonchev–Trinajstić information content (AvgIpc) is 3.56. The van der Waals surface area contributed by atoms with E-state index in [1.807, 2.05) is 35.0 Å². The first-order valence-corrected chi connectivity index (χ1v) is 13.2. The molecule has 0 spiro atoms. The Hall–Kier alpha value is -3.52. The molecule has 3 aromatic heterocycles. The van der Waals surface area contributed by atoms with Gasteiger partial charge in [0.2, 0.25) is 0 Å². The van der Waals surface area contributed by atoms with E-state index in [0.717, 1.165) is 79.8 Å². The third-order valence-electron chi connectivity index (χ3n) is 7.68. The first-order chi connectivity index (χ1) is 17.9. The van der Waals surface area contributed by atoms with Crippen molar-refractivity contribution in [1.29, 1.82) is 0 Å². The minimum Gasteiger partial charge on any atom is -0.354 e. The number of nitrogens with zero attached hydrogens (tertiary/aromatic N) is 7. The van der Waals surface area contributed by atoms with E-state index < -0.39 is 0 Å². The number of halogens is 1. The fraction of sp³-hybridized carbons (Fsp3) is 0.414. The van der Waals surface area contributed by atoms with Crippen molar-refractivity contribution in [2.75, 3.05) is 42.5 Å². The lowest BCUT2D eigenvalue weighted by Gasteiger charge is -2.42. The summed E-state index contributed by atoms with van der Waals surface area (Å²) in [5.41, 5.74) is 3.69. The topological polar surface area (TPSA) is 52.8 Å². The van der Waals surface area contributed by atoms with Gasteiger partial charge in [0.1, 0.15) is 23.1 Å². The summed E-state index contributed by atoms with van der Waals surface area (Å²) < 4.78 is 15.8. The van der Waals surface area contributed by atoms with Crippen molar-refractivity contribution in [2.45, 2.75) is 45.2 Å². The van der Waals surface area contributed by atoms with Gasteiger partial charge in [0, 0.05) is 38.3 Å². The van der Waals surface area contributed by atoms with Crippen LogP contribution in [0.2, 0.25) is 0 Å². The van der Waals surface area contributed by atoms with Gasteiger partial charge in [-0.25, -0.2) is 18.9 Å². The molecule has 0 amide bonds. The quantitative estimate of drug-likeness (QED) is 0.385. The van der Waals surface area contributed by atoms with E-state index in [2.05, 4.69) is 52.6 Å². The van der Waals surface area contributed by atoms with E-state index in [4.69, 9.17) is 10.1 Å². The molecule has 5 heterocycles. The molecule has 2 aliphatic heterocycles. The fourth-order valence-corrected chi connectivity index (χ4v) is 5.64. The number of anilines is 2. The maximum Gasteiger partial charge on any atom is 0.154 e. The maximum atomic E-state index is 13.9. The standard InChI is InChI=1S/C29H34FN7/c1-29(2,3)35-17-15-34(16-18-35)27-11-5-9-23(32-27)25-20-31-26-12-13-28(33-37(25)26)36-14-6-10-24(36)21-7-4-8-22(30)19-21/h4-5,7-9,11-13,19-20,24H,6,10,14-18H2,1-3H3. The van der Waals surface area contributed by atoms with E-state index in [9.17, 15) is 4.39 Å². The van der Waals surface area contributed by atoms with Gasteiger partial charge in [0.15, 0.2) is 5.65 Å². The highest BCUT2D eigenvalue weighted by Gasteiger charge is 2.29. The normalized spacial score (nSPS) is 19.2. The minimum absolute atomic E-state index is 0.112. The van der Waals surface area contributed by atoms with Gasteiger partial charge in [0.05, 0.1) is 17.9 Å². The Morgan fingerprint density at radius 3 is 2.49 bits per heavy atom. The Morgan fingerprint density at radius 2 is 1.70 bits per heavy atom. The predicted octanol–water partition coefficient (Wildman–Crippen LogP) is 5.19. The van der Waals surface area contributed by atoms with Crippen LogP contribution in [0.15, 0.2) is 60.8 Å². The number of rotatable bonds is 4. The summed E-state index contributed by atoms with van der Waals surface area (Å²) in [6, 6.07) is 17.2. The summed E-state index contributed by atoms with van der Waals surface area (Å²) in [4.78, 5) is 16.8. The second-order valence-corrected chi connectivity index (χ2v) is 11.0. The molecule has 6 rings (SSSR count). The van der Waals surface area contributed by atoms with Gasteiger partial charge in [-0.15, -0.1) is 5.10 Å². The smallest absolute Gasteiger partial charge is 0.154 e. The largest absolute Gasteiger partial charge is 0.354 e. The molecule has 0 bridgehead atoms. The summed E-state index contributed by atoms with van der Waals surface area (Å²) in [6.07, 6.45) is 3.87. The van der Waals surface area contributed by atoms with E-state index in [0.29, 0.717) is 0 Å². The maximum absolute atomic E-state index is 13.9. The monoisotopic (exact) mass is 499 g/mol. The summed E-state index contributed by atoms with van der Waals surface area (Å²) in [7, 11) is 0. The van der Waals surface area contributed by atoms with E-state index in [1.54, 1.807) is 12.1 Å². The summed E-state index contributed by atoms with van der Waals surface area (Å²) in [5.74, 6) is 1.66. The molecule has 4 aromatic rings. The van der Waals surface area contributed by atoms with Gasteiger partial charge < -0.3 is 9.80 Å². The molecule has 0 saturated carbocycles. The average molecular weight is 500 g/mol. The molecule has 0 aliphatic carbocycles. The van der Waals surface area contributed by atoms with Crippen LogP contribution < -0.4 is 9.80 Å². The number of aromatic nitrogens is 4. The highest BCUT2D eigenvalue weighted by molar-refractivity contribution is 5.62. The second kappa shape index (κ2) is 9.41. The molecule has 2 fully saturated rings. The van der Waals surface area contributed by atoms with Crippen LogP contribution in [0.4, 0.5) is 16.0 Å². The van der Waals surface area contributed by atoms with Crippen molar-refractivity contribution in [2.24, 2.45) is 0 Å². The molecule has 8 heteroatoms. The van der Waals surface area contributed by atoms with Crippen molar-refractivity contribution >= 4 is 17.3 Å². The van der Waals surface area contributed by atoms with Crippen LogP contribution in [0.1, 0.15) is 45.2 Å². The molecule has 192 valence electrons. The van der Waals surface area contributed by atoms with Crippen LogP contribution in [-0.2, 0) is 0 Å². The van der Waals surface area contributed by atoms with Gasteiger partial charge in [0.25, 0.3) is 0 Å². The summed E-state index contributed by atoms with van der Waals surface area (Å²) in [5, 5.41) is 5.00. The zero-order chi connectivity index (χ0) is 25.6. The SMILES string of the molecule is CC(C)(C)N1CCN(c2cccc(-c3cnc4ccc(N5CCCC5c5cccc(F)c5)nn34)n2)CC1. The highest BCUT2D eigenvalue weighted by Crippen LogP contribution is 2.36. The third-order valence-corrected chi connectivity index (χ3v) is 7.68. The van der Waals surface area contributed by atoms with Crippen LogP contribution in [0.3, 0.4) is 0 Å². The van der Waals surface area contributed by atoms with Crippen molar-refractivity contribution in [3.8, 4) is 11.4 Å². The lowest BCUT2D eigenvalue weighted by molar-refractivity contribution is 0.128. The lowest BCUT2D eigenvalue weighted by Crippen LogP contribution is -2.53. The zero-order valence-corrected chi connectivity index (χ0v) is 21.8. The number of piperazine rings is 1. The zero-order valence-electron chi connectivity index (χ0n) is 21.8. The van der Waals surface area contributed by atoms with Crippen molar-refractivity contribution < 1.29 is 4.39 Å². The molecule has 1 unspecified atom stereocenters. The predicted molar refractivity (Wildman–Crippen MR) is 145 cm³/mol. The van der Waals surface area contributed by atoms with Crippen LogP contribution in [0.5, 0.6) is 0 Å². The molecule has 2 saturated heterocycles. The Morgan fingerprint density at radius 1 is 0.892 bits per heavy atom. The molecule has 0 N–H and O–H groups in total. The van der Waals surface area contributed by atoms with Gasteiger partial charge in [-0.3, -0.25) is 4.90 Å². The van der Waals surface area contributed by atoms with Crippen molar-refractivity contribution in [3.05, 3.63) is 72.2 Å². The number of hydrogen-bond donors (Lipinski definition) is 0. The molecule has 1 atom stereocenters. The van der Waals surface area contributed by atoms with Gasteiger partial charge >= 0.3 is 0 Å². The molecule has 0 radical (unpaired) electrons. The van der Waals surface area contributed by atoms with Gasteiger partial charge in [-0.05, 0) is 75.6 Å². The first kappa shape index (κ1) is 23.9. The summed E-state index contributed by atoms with van der Waals surface area (Å²) in [6.45, 7) is 11.7. The molecule has 37 heavy (non-hydrogen) atoms. The molecule has 2 aliphatic rings. The Bertz CT molecular complexity index is 1400. The number of hydrogen-bond acceptors (Lipinski definition) is 6. The number of benzene rings is 1. The first-order valence-electron chi connectivity index (χ1n) is 13.2. The van der Waals surface area contributed by atoms with Crippen molar-refractivity contribution in [1.82, 2.24) is 24.5 Å². The van der Waals surface area contributed by atoms with Gasteiger partial charge in [-0.2, -0.15) is 0 Å². The number of fused-ring (bicyclic) bond motifs is 1. The number of pyridine rings is 1. The van der Waals surface area contributed by atoms with E-state index in [-0.39, 0.29) is 17.4 Å². The second-order valence-electron chi connectivity index (χ2n) is 11.0. The Labute approximate surface area is 217 Å². The third kappa shape index (κ3) is 4.66. The highest BCUT2D eigenvalue weighted by atomic mass is 19.1. The van der Waals surface area contributed by atoms with Gasteiger partial charge in [-0.1, -0.05) is 18.2 Å². The summed E-state index contributed by atoms with van der Waals surface area (Å²) >= 11 is 0. The van der Waals surface area contributed by atoms with E-state index in [1.165, 1.54) is 6.07 Å². The van der Waals surface area contributed by atoms with Crippen LogP contribution in [-0.4, -0.2) is 62.7 Å². The Balaban J connectivity index is 1.28. The molecule has 1 aromatic carbocycles. The minimum atomic E-state index is -0.199. The molecule has 7 nitrogen and oxygen atoms in total. The number of imidazole rings is 1. The van der Waals surface area contributed by atoms with Crippen molar-refractivity contribution in [3.63, 3.8) is 0 Å². The van der Waals surface area contributed by atoms with E-state index >= 15 is 0 Å². The Kier molecular flexibility index (Phi) is 6.07. The van der Waals surface area contributed by atoms with Crippen LogP contribution in [0, 0.1) is 5.82 Å². The molecular weight excluding hydrogens is 465 g/mol. The van der Waals surface area contributed by atoms with Crippen LogP contribution >= 0.6 is 0 Å². The fourth-order valence-electron chi connectivity index (χ4n) is 5.64.